The Labute approximate surface area is 97.3 Å². The van der Waals surface area contributed by atoms with Gasteiger partial charge in [-0.15, -0.1) is 0 Å². The fraction of sp³-hybridized carbons (Fsp3) is 0.125. The van der Waals surface area contributed by atoms with Gasteiger partial charge in [0.05, 0.1) is 22.9 Å². The molecule has 0 unspecified atom stereocenters. The van der Waals surface area contributed by atoms with Crippen molar-refractivity contribution in [3.63, 3.8) is 0 Å². The Bertz CT molecular complexity index is 320. The van der Waals surface area contributed by atoms with Crippen molar-refractivity contribution in [2.75, 3.05) is 0 Å². The van der Waals surface area contributed by atoms with Gasteiger partial charge in [-0.2, -0.15) is 13.2 Å². The van der Waals surface area contributed by atoms with Crippen LogP contribution < -0.4 is 0 Å². The average Bonchev–Trinajstić information content (AvgIpc) is 2.06. The topological polar surface area (TPSA) is 12.4 Å². The smallest absolute Gasteiger partial charge is 0.223 e. The molecule has 0 N–H and O–H groups in total. The van der Waals surface area contributed by atoms with Gasteiger partial charge in [-0.1, -0.05) is 12.1 Å². The molecule has 0 saturated heterocycles. The Kier molecular flexibility index (Phi) is 4.24. The Morgan fingerprint density at radius 3 is 2.21 bits per heavy atom. The molecule has 0 fully saturated rings. The van der Waals surface area contributed by atoms with Crippen LogP contribution in [0, 0.1) is 0 Å². The summed E-state index contributed by atoms with van der Waals surface area (Å²) in [5.41, 5.74) is -3.44. The van der Waals surface area contributed by atoms with E-state index in [0.29, 0.717) is 0 Å². The minimum Gasteiger partial charge on any atom is -0.223 e. The summed E-state index contributed by atoms with van der Waals surface area (Å²) < 4.78 is 39.5. The van der Waals surface area contributed by atoms with Gasteiger partial charge in [0, 0.05) is 11.1 Å². The molecule has 0 heterocycles. The molecule has 76 valence electrons. The first-order valence-electron chi connectivity index (χ1n) is 3.51. The van der Waals surface area contributed by atoms with E-state index in [1.54, 1.807) is 41.2 Å². The maximum absolute atomic E-state index is 11.9. The normalized spacial score (nSPS) is 12.3. The molecule has 0 aliphatic rings. The predicted molar refractivity (Wildman–Crippen MR) is 60.0 cm³/mol. The molecule has 0 aromatic heterocycles. The van der Waals surface area contributed by atoms with Crippen molar-refractivity contribution in [1.29, 1.82) is 0 Å². The van der Waals surface area contributed by atoms with Gasteiger partial charge < -0.3 is 0 Å². The SMILES string of the molecule is FC(F)(F)Sc1ccc(/C=N/I)cc1. The molecule has 0 aliphatic carbocycles. The van der Waals surface area contributed by atoms with E-state index in [2.05, 4.69) is 3.21 Å². The molecule has 0 spiro atoms. The second-order valence-corrected chi connectivity index (χ2v) is 4.04. The molecular weight excluding hydrogens is 326 g/mol. The van der Waals surface area contributed by atoms with Crippen molar-refractivity contribution in [3.8, 4) is 0 Å². The summed E-state index contributed by atoms with van der Waals surface area (Å²) in [4.78, 5) is 0.183. The van der Waals surface area contributed by atoms with Crippen molar-refractivity contribution in [1.82, 2.24) is 0 Å². The lowest BCUT2D eigenvalue weighted by Crippen LogP contribution is -1.98. The van der Waals surface area contributed by atoms with Gasteiger partial charge in [0.15, 0.2) is 0 Å². The second kappa shape index (κ2) is 5.01. The van der Waals surface area contributed by atoms with E-state index < -0.39 is 5.51 Å². The first-order chi connectivity index (χ1) is 6.51. The Morgan fingerprint density at radius 2 is 1.79 bits per heavy atom. The molecule has 0 saturated carbocycles. The summed E-state index contributed by atoms with van der Waals surface area (Å²) in [6, 6.07) is 6.03. The van der Waals surface area contributed by atoms with Crippen LogP contribution in [0.2, 0.25) is 0 Å². The van der Waals surface area contributed by atoms with Crippen LogP contribution in [0.1, 0.15) is 5.56 Å². The highest BCUT2D eigenvalue weighted by Gasteiger charge is 2.28. The molecule has 0 aliphatic heterocycles. The van der Waals surface area contributed by atoms with Crippen LogP contribution in [-0.4, -0.2) is 11.7 Å². The van der Waals surface area contributed by atoms with Crippen LogP contribution in [0.25, 0.3) is 0 Å². The minimum atomic E-state index is -4.22. The van der Waals surface area contributed by atoms with Crippen molar-refractivity contribution in [2.45, 2.75) is 10.4 Å². The van der Waals surface area contributed by atoms with E-state index in [0.717, 1.165) is 5.56 Å². The Balaban J connectivity index is 2.74. The fourth-order valence-electron chi connectivity index (χ4n) is 0.812. The lowest BCUT2D eigenvalue weighted by molar-refractivity contribution is -0.0328. The molecule has 6 heteroatoms. The summed E-state index contributed by atoms with van der Waals surface area (Å²) in [6.07, 6.45) is 1.57. The maximum atomic E-state index is 11.9. The molecule has 0 radical (unpaired) electrons. The zero-order chi connectivity index (χ0) is 10.6. The van der Waals surface area contributed by atoms with Crippen LogP contribution in [0.5, 0.6) is 0 Å². The monoisotopic (exact) mass is 331 g/mol. The van der Waals surface area contributed by atoms with E-state index in [4.69, 9.17) is 0 Å². The van der Waals surface area contributed by atoms with Crippen LogP contribution in [-0.2, 0) is 0 Å². The quantitative estimate of drug-likeness (QED) is 0.452. The van der Waals surface area contributed by atoms with E-state index in [1.807, 2.05) is 0 Å². The van der Waals surface area contributed by atoms with Crippen LogP contribution in [0.3, 0.4) is 0 Å². The van der Waals surface area contributed by atoms with Gasteiger partial charge in [0.1, 0.15) is 0 Å². The number of hydrogen-bond acceptors (Lipinski definition) is 2. The van der Waals surface area contributed by atoms with Crippen LogP contribution in [0.4, 0.5) is 13.2 Å². The number of nitrogens with zero attached hydrogens (tertiary/aromatic N) is 1. The molecule has 1 rings (SSSR count). The lowest BCUT2D eigenvalue weighted by Gasteiger charge is -2.04. The zero-order valence-corrected chi connectivity index (χ0v) is 9.73. The van der Waals surface area contributed by atoms with Crippen LogP contribution >= 0.6 is 34.6 Å². The lowest BCUT2D eigenvalue weighted by atomic mass is 10.2. The largest absolute Gasteiger partial charge is 0.446 e. The molecule has 0 atom stereocenters. The Hall–Kier alpha value is -0.240. The zero-order valence-electron chi connectivity index (χ0n) is 6.75. The van der Waals surface area contributed by atoms with E-state index in [9.17, 15) is 13.2 Å². The minimum absolute atomic E-state index is 0.119. The Morgan fingerprint density at radius 1 is 1.21 bits per heavy atom. The van der Waals surface area contributed by atoms with Gasteiger partial charge >= 0.3 is 5.51 Å². The third kappa shape index (κ3) is 4.32. The number of benzene rings is 1. The molecule has 1 aromatic carbocycles. The summed E-state index contributed by atoms with van der Waals surface area (Å²) >= 11 is 1.69. The fourth-order valence-corrected chi connectivity index (χ4v) is 1.67. The van der Waals surface area contributed by atoms with Gasteiger partial charge in [-0.05, 0) is 29.5 Å². The standard InChI is InChI=1S/C8H5F3INS/c9-8(10,11)14-7-3-1-6(2-4-7)5-13-12/h1-5H/b13-5+. The molecule has 0 bridgehead atoms. The van der Waals surface area contributed by atoms with Crippen LogP contribution in [0.15, 0.2) is 32.4 Å². The summed E-state index contributed by atoms with van der Waals surface area (Å²) in [5.74, 6) is 0. The summed E-state index contributed by atoms with van der Waals surface area (Å²) in [7, 11) is 0. The van der Waals surface area contributed by atoms with Gasteiger partial charge in [-0.25, -0.2) is 3.21 Å². The number of halogens is 4. The molecular formula is C8H5F3INS. The highest BCUT2D eigenvalue weighted by Crippen LogP contribution is 2.36. The summed E-state index contributed by atoms with van der Waals surface area (Å²) in [5, 5.41) is 0. The van der Waals surface area contributed by atoms with Crippen molar-refractivity contribution < 1.29 is 13.2 Å². The number of thioether (sulfide) groups is 1. The van der Waals surface area contributed by atoms with E-state index >= 15 is 0 Å². The van der Waals surface area contributed by atoms with Gasteiger partial charge in [0.2, 0.25) is 0 Å². The van der Waals surface area contributed by atoms with Crippen molar-refractivity contribution >= 4 is 40.8 Å². The van der Waals surface area contributed by atoms with E-state index in [-0.39, 0.29) is 16.7 Å². The summed E-state index contributed by atoms with van der Waals surface area (Å²) in [6.45, 7) is 0. The highest BCUT2D eigenvalue weighted by molar-refractivity contribution is 14.1. The number of alkyl halides is 3. The number of rotatable bonds is 2. The predicted octanol–water partition coefficient (Wildman–Crippen LogP) is 4.07. The first-order valence-corrected chi connectivity index (χ1v) is 5.29. The number of hydrogen-bond donors (Lipinski definition) is 0. The third-order valence-electron chi connectivity index (χ3n) is 1.31. The second-order valence-electron chi connectivity index (χ2n) is 2.34. The highest BCUT2D eigenvalue weighted by atomic mass is 127. The maximum Gasteiger partial charge on any atom is 0.446 e. The molecule has 0 amide bonds. The van der Waals surface area contributed by atoms with Crippen molar-refractivity contribution in [3.05, 3.63) is 29.8 Å². The first kappa shape index (κ1) is 11.8. The molecule has 1 nitrogen and oxygen atoms in total. The van der Waals surface area contributed by atoms with Gasteiger partial charge in [-0.3, -0.25) is 0 Å². The molecule has 1 aromatic rings. The average molecular weight is 331 g/mol. The van der Waals surface area contributed by atoms with E-state index in [1.165, 1.54) is 12.1 Å². The van der Waals surface area contributed by atoms with Crippen molar-refractivity contribution in [2.24, 2.45) is 3.21 Å². The van der Waals surface area contributed by atoms with Gasteiger partial charge in [0.25, 0.3) is 0 Å². The third-order valence-corrected chi connectivity index (χ3v) is 2.33. The molecule has 14 heavy (non-hydrogen) atoms.